The predicted molar refractivity (Wildman–Crippen MR) is 122 cm³/mol. The molecule has 0 atom stereocenters. The van der Waals surface area contributed by atoms with Gasteiger partial charge in [0.25, 0.3) is 5.91 Å². The van der Waals surface area contributed by atoms with Crippen LogP contribution < -0.4 is 14.9 Å². The molecule has 0 bridgehead atoms. The van der Waals surface area contributed by atoms with Crippen molar-refractivity contribution >= 4 is 28.1 Å². The highest BCUT2D eigenvalue weighted by Gasteiger charge is 2.16. The van der Waals surface area contributed by atoms with E-state index in [0.717, 1.165) is 27.1 Å². The largest absolute Gasteiger partial charge is 0.493 e. The summed E-state index contributed by atoms with van der Waals surface area (Å²) in [7, 11) is 1.55. The first-order valence-electron chi connectivity index (χ1n) is 9.45. The molecule has 0 fully saturated rings. The zero-order valence-electron chi connectivity index (χ0n) is 17.4. The molecular weight excluding hydrogens is 446 g/mol. The summed E-state index contributed by atoms with van der Waals surface area (Å²) in [5.41, 5.74) is 7.79. The number of methoxy groups -OCH3 is 1. The van der Waals surface area contributed by atoms with Crippen LogP contribution >= 0.6 is 15.9 Å². The Morgan fingerprint density at radius 1 is 1.07 bits per heavy atom. The molecule has 3 aromatic rings. The van der Waals surface area contributed by atoms with Gasteiger partial charge in [-0.05, 0) is 60.5 Å². The van der Waals surface area contributed by atoms with E-state index < -0.39 is 0 Å². The Balaban J connectivity index is 1.70. The van der Waals surface area contributed by atoms with Gasteiger partial charge < -0.3 is 14.0 Å². The second-order valence-corrected chi connectivity index (χ2v) is 7.55. The first-order valence-corrected chi connectivity index (χ1v) is 10.2. The molecule has 1 heterocycles. The Kier molecular flexibility index (Phi) is 6.95. The topological polar surface area (TPSA) is 64.8 Å². The molecule has 0 saturated heterocycles. The number of benzene rings is 2. The highest BCUT2D eigenvalue weighted by Crippen LogP contribution is 2.30. The quantitative estimate of drug-likeness (QED) is 0.402. The number of carbonyl (C=O) groups excluding carboxylic acids is 1. The lowest BCUT2D eigenvalue weighted by molar-refractivity contribution is -0.123. The number of aromatic nitrogens is 1. The molecule has 0 unspecified atom stereocenters. The van der Waals surface area contributed by atoms with Crippen molar-refractivity contribution in [3.63, 3.8) is 0 Å². The van der Waals surface area contributed by atoms with E-state index >= 15 is 0 Å². The second-order valence-electron chi connectivity index (χ2n) is 6.75. The Morgan fingerprint density at radius 2 is 1.73 bits per heavy atom. The van der Waals surface area contributed by atoms with Gasteiger partial charge in [-0.1, -0.05) is 30.3 Å². The molecule has 1 amide bonds. The number of halogens is 1. The van der Waals surface area contributed by atoms with Crippen molar-refractivity contribution in [3.05, 3.63) is 75.5 Å². The van der Waals surface area contributed by atoms with E-state index in [4.69, 9.17) is 9.47 Å². The number of aryl methyl sites for hydroxylation is 1. The lowest BCUT2D eigenvalue weighted by Gasteiger charge is -2.12. The minimum Gasteiger partial charge on any atom is -0.493 e. The molecule has 1 N–H and O–H groups in total. The van der Waals surface area contributed by atoms with Gasteiger partial charge >= 0.3 is 0 Å². The van der Waals surface area contributed by atoms with Crippen LogP contribution in [0.5, 0.6) is 11.5 Å². The van der Waals surface area contributed by atoms with Crippen LogP contribution in [0.25, 0.3) is 5.69 Å². The smallest absolute Gasteiger partial charge is 0.277 e. The van der Waals surface area contributed by atoms with E-state index in [1.807, 2.05) is 38.1 Å². The molecule has 1 aromatic heterocycles. The van der Waals surface area contributed by atoms with Crippen LogP contribution in [0, 0.1) is 20.8 Å². The summed E-state index contributed by atoms with van der Waals surface area (Å²) in [5, 5.41) is 4.11. The van der Waals surface area contributed by atoms with Gasteiger partial charge in [0.1, 0.15) is 0 Å². The fraction of sp³-hybridized carbons (Fsp3) is 0.217. The SMILES string of the molecule is COc1ccccc1OCC(=O)N/N=C\c1c(Br)c(C)n(-c2ccccc2C)c1C. The van der Waals surface area contributed by atoms with Crippen molar-refractivity contribution in [2.75, 3.05) is 13.7 Å². The van der Waals surface area contributed by atoms with E-state index in [1.54, 1.807) is 25.5 Å². The number of hydrogen-bond acceptors (Lipinski definition) is 4. The first-order chi connectivity index (χ1) is 14.4. The third kappa shape index (κ3) is 4.57. The highest BCUT2D eigenvalue weighted by atomic mass is 79.9. The van der Waals surface area contributed by atoms with Gasteiger partial charge in [-0.2, -0.15) is 5.10 Å². The number of nitrogens with zero attached hydrogens (tertiary/aromatic N) is 2. The summed E-state index contributed by atoms with van der Waals surface area (Å²) >= 11 is 3.65. The third-order valence-corrected chi connectivity index (χ3v) is 5.78. The maximum Gasteiger partial charge on any atom is 0.277 e. The molecule has 0 radical (unpaired) electrons. The number of nitrogens with one attached hydrogen (secondary N) is 1. The van der Waals surface area contributed by atoms with Gasteiger partial charge in [-0.3, -0.25) is 4.79 Å². The van der Waals surface area contributed by atoms with Gasteiger partial charge in [0.2, 0.25) is 0 Å². The number of para-hydroxylation sites is 3. The summed E-state index contributed by atoms with van der Waals surface area (Å²) in [6.45, 7) is 5.98. The Morgan fingerprint density at radius 3 is 2.43 bits per heavy atom. The van der Waals surface area contributed by atoms with Crippen molar-refractivity contribution < 1.29 is 14.3 Å². The molecule has 30 heavy (non-hydrogen) atoms. The molecule has 0 saturated carbocycles. The molecule has 7 heteroatoms. The van der Waals surface area contributed by atoms with Gasteiger partial charge in [0, 0.05) is 27.1 Å². The van der Waals surface area contributed by atoms with Crippen LogP contribution in [0.3, 0.4) is 0 Å². The van der Waals surface area contributed by atoms with Crippen molar-refractivity contribution in [1.82, 2.24) is 9.99 Å². The van der Waals surface area contributed by atoms with E-state index in [-0.39, 0.29) is 12.5 Å². The van der Waals surface area contributed by atoms with Crippen LogP contribution in [-0.2, 0) is 4.79 Å². The van der Waals surface area contributed by atoms with Gasteiger partial charge in [-0.25, -0.2) is 5.43 Å². The Bertz CT molecular complexity index is 1090. The number of hydrazone groups is 1. The zero-order valence-corrected chi connectivity index (χ0v) is 19.0. The normalized spacial score (nSPS) is 11.0. The molecule has 0 spiro atoms. The predicted octanol–water partition coefficient (Wildman–Crippen LogP) is 4.70. The minimum absolute atomic E-state index is 0.166. The monoisotopic (exact) mass is 469 g/mol. The summed E-state index contributed by atoms with van der Waals surface area (Å²) in [5.74, 6) is 0.714. The van der Waals surface area contributed by atoms with Crippen molar-refractivity contribution in [1.29, 1.82) is 0 Å². The highest BCUT2D eigenvalue weighted by molar-refractivity contribution is 9.10. The first kappa shape index (κ1) is 21.6. The van der Waals surface area contributed by atoms with Crippen LogP contribution in [0.1, 0.15) is 22.5 Å². The van der Waals surface area contributed by atoms with Gasteiger partial charge in [0.15, 0.2) is 18.1 Å². The minimum atomic E-state index is -0.360. The molecule has 0 aliphatic carbocycles. The standard InChI is InChI=1S/C23H24BrN3O3/c1-15-9-5-6-10-19(15)27-16(2)18(23(24)17(27)3)13-25-26-22(28)14-30-21-12-8-7-11-20(21)29-4/h5-13H,14H2,1-4H3,(H,26,28)/b25-13-. The van der Waals surface area contributed by atoms with E-state index in [1.165, 1.54) is 5.56 Å². The fourth-order valence-electron chi connectivity index (χ4n) is 3.23. The van der Waals surface area contributed by atoms with Crippen LogP contribution in [-0.4, -0.2) is 30.4 Å². The van der Waals surface area contributed by atoms with Crippen molar-refractivity contribution in [2.45, 2.75) is 20.8 Å². The molecule has 3 rings (SSSR count). The lowest BCUT2D eigenvalue weighted by atomic mass is 10.2. The summed E-state index contributed by atoms with van der Waals surface area (Å²) < 4.78 is 13.8. The maximum absolute atomic E-state index is 12.1. The lowest BCUT2D eigenvalue weighted by Crippen LogP contribution is -2.24. The summed E-state index contributed by atoms with van der Waals surface area (Å²) in [6.07, 6.45) is 1.64. The fourth-order valence-corrected chi connectivity index (χ4v) is 3.80. The molecule has 0 aliphatic rings. The third-order valence-electron chi connectivity index (χ3n) is 4.78. The summed E-state index contributed by atoms with van der Waals surface area (Å²) in [4.78, 5) is 12.1. The number of hydrogen-bond donors (Lipinski definition) is 1. The van der Waals surface area contributed by atoms with Gasteiger partial charge in [0.05, 0.1) is 13.3 Å². The number of carbonyl (C=O) groups is 1. The molecule has 156 valence electrons. The number of rotatable bonds is 7. The summed E-state index contributed by atoms with van der Waals surface area (Å²) in [6, 6.07) is 15.4. The van der Waals surface area contributed by atoms with E-state index in [0.29, 0.717) is 11.5 Å². The number of amides is 1. The van der Waals surface area contributed by atoms with Crippen molar-refractivity contribution in [2.24, 2.45) is 5.10 Å². The van der Waals surface area contributed by atoms with E-state index in [2.05, 4.69) is 50.1 Å². The van der Waals surface area contributed by atoms with Gasteiger partial charge in [-0.15, -0.1) is 0 Å². The Hall–Kier alpha value is -3.06. The Labute approximate surface area is 184 Å². The van der Waals surface area contributed by atoms with Crippen LogP contribution in [0.15, 0.2) is 58.1 Å². The maximum atomic E-state index is 12.1. The molecule has 2 aromatic carbocycles. The average molecular weight is 470 g/mol. The van der Waals surface area contributed by atoms with Crippen molar-refractivity contribution in [3.8, 4) is 17.2 Å². The van der Waals surface area contributed by atoms with E-state index in [9.17, 15) is 4.79 Å². The zero-order chi connectivity index (χ0) is 21.7. The van der Waals surface area contributed by atoms with Crippen LogP contribution in [0.4, 0.5) is 0 Å². The molecule has 0 aliphatic heterocycles. The second kappa shape index (κ2) is 9.63. The average Bonchev–Trinajstić information content (AvgIpc) is 2.96. The molecule has 6 nitrogen and oxygen atoms in total. The van der Waals surface area contributed by atoms with Crippen LogP contribution in [0.2, 0.25) is 0 Å². The number of ether oxygens (including phenoxy) is 2. The molecular formula is C23H24BrN3O3.